The monoisotopic (exact) mass is 860 g/mol. The number of fused-ring (bicyclic) bond motifs is 1. The van der Waals surface area contributed by atoms with Gasteiger partial charge in [-0.25, -0.2) is 28.9 Å². The number of aromatic nitrogens is 6. The van der Waals surface area contributed by atoms with Crippen molar-refractivity contribution in [3.63, 3.8) is 0 Å². The van der Waals surface area contributed by atoms with Crippen LogP contribution < -0.4 is 28.2 Å². The van der Waals surface area contributed by atoms with Crippen molar-refractivity contribution in [3.8, 4) is 0 Å². The van der Waals surface area contributed by atoms with E-state index in [9.17, 15) is 56.5 Å². The van der Waals surface area contributed by atoms with Crippen molar-refractivity contribution in [1.29, 1.82) is 0 Å². The van der Waals surface area contributed by atoms with Crippen molar-refractivity contribution in [2.75, 3.05) is 31.2 Å². The molecule has 0 saturated carbocycles. The fraction of sp³-hybridized carbons (Fsp3) is 0.593. The number of esters is 1. The molecule has 25 nitrogen and oxygen atoms in total. The number of hydrogen-bond acceptors (Lipinski definition) is 19. The van der Waals surface area contributed by atoms with E-state index in [0.717, 1.165) is 10.9 Å². The van der Waals surface area contributed by atoms with Gasteiger partial charge < -0.3 is 56.5 Å². The molecule has 3 aromatic rings. The molecule has 11 N–H and O–H groups in total. The second kappa shape index (κ2) is 17.8. The van der Waals surface area contributed by atoms with Crippen LogP contribution in [0.2, 0.25) is 0 Å². The number of aliphatic hydroxyl groups is 1. The number of carbonyl (C=O) groups excluding carboxylic acids is 2. The number of amides is 1. The molecule has 9 atom stereocenters. The van der Waals surface area contributed by atoms with E-state index in [-0.39, 0.29) is 55.0 Å². The van der Waals surface area contributed by atoms with Crippen LogP contribution in [0.4, 0.5) is 24.8 Å². The Labute approximate surface area is 317 Å². The maximum atomic E-state index is 13.3. The summed E-state index contributed by atoms with van der Waals surface area (Å²) in [7, 11) is -10.3. The van der Waals surface area contributed by atoms with Crippen LogP contribution in [0.25, 0.3) is 11.2 Å². The minimum absolute atomic E-state index is 0.00760. The van der Waals surface area contributed by atoms with Crippen molar-refractivity contribution in [1.82, 2.24) is 34.4 Å². The Morgan fingerprint density at radius 2 is 1.77 bits per heavy atom. The number of phosphoric acid groups is 2. The largest absolute Gasteiger partial charge is 0.472 e. The zero-order chi connectivity index (χ0) is 41.9. The molecular formula is C27H37F3N10O15P2. The van der Waals surface area contributed by atoms with Gasteiger partial charge in [-0.15, -0.1) is 0 Å². The number of nitrogens with zero attached hydrogens (tertiary/aromatic N) is 6. The lowest BCUT2D eigenvalue weighted by Gasteiger charge is -2.24. The Balaban J connectivity index is 1.29. The number of imidazole rings is 1. The lowest BCUT2D eigenvalue weighted by Crippen LogP contribution is -2.43. The van der Waals surface area contributed by atoms with Gasteiger partial charge in [-0.1, -0.05) is 0 Å². The third kappa shape index (κ3) is 11.3. The molecule has 3 aromatic heterocycles. The number of aliphatic hydroxyl groups excluding tert-OH is 1. The molecule has 0 radical (unpaired) electrons. The quantitative estimate of drug-likeness (QED) is 0.0434. The van der Waals surface area contributed by atoms with Gasteiger partial charge in [0.05, 0.1) is 19.5 Å². The van der Waals surface area contributed by atoms with Crippen molar-refractivity contribution in [2.24, 2.45) is 5.73 Å². The molecule has 2 fully saturated rings. The molecule has 2 unspecified atom stereocenters. The summed E-state index contributed by atoms with van der Waals surface area (Å²) in [5, 5.41) is 13.0. The summed E-state index contributed by atoms with van der Waals surface area (Å²) in [6, 6.07) is -0.145. The van der Waals surface area contributed by atoms with Gasteiger partial charge in [0.2, 0.25) is 0 Å². The number of phosphoric ester groups is 2. The van der Waals surface area contributed by atoms with Gasteiger partial charge in [0.25, 0.3) is 0 Å². The smallest absolute Gasteiger partial charge is 0.455 e. The second-order valence-corrected chi connectivity index (χ2v) is 15.1. The summed E-state index contributed by atoms with van der Waals surface area (Å²) < 4.78 is 96.1. The molecule has 5 heterocycles. The average Bonchev–Trinajstić information content (AvgIpc) is 3.81. The zero-order valence-electron chi connectivity index (χ0n) is 29.1. The van der Waals surface area contributed by atoms with Crippen LogP contribution in [0.15, 0.2) is 29.7 Å². The molecule has 30 heteroatoms. The van der Waals surface area contributed by atoms with E-state index in [1.54, 1.807) is 5.32 Å². The van der Waals surface area contributed by atoms with Crippen molar-refractivity contribution < 1.29 is 79.5 Å². The summed E-state index contributed by atoms with van der Waals surface area (Å²) in [6.07, 6.45) is -12.7. The zero-order valence-corrected chi connectivity index (χ0v) is 30.9. The lowest BCUT2D eigenvalue weighted by atomic mass is 10.1. The Morgan fingerprint density at radius 1 is 1.05 bits per heavy atom. The highest BCUT2D eigenvalue weighted by Gasteiger charge is 2.50. The van der Waals surface area contributed by atoms with Crippen molar-refractivity contribution in [3.05, 3.63) is 35.4 Å². The summed E-state index contributed by atoms with van der Waals surface area (Å²) in [6.45, 7) is -2.18. The fourth-order valence-electron chi connectivity index (χ4n) is 5.73. The number of anilines is 2. The third-order valence-corrected chi connectivity index (χ3v) is 9.93. The third-order valence-electron chi connectivity index (χ3n) is 8.43. The number of ether oxygens (including phenoxy) is 3. The van der Waals surface area contributed by atoms with E-state index < -0.39 is 102 Å². The minimum Gasteiger partial charge on any atom is -0.455 e. The molecule has 0 aromatic carbocycles. The first-order chi connectivity index (χ1) is 26.6. The topological polar surface area (TPSA) is 373 Å². The van der Waals surface area contributed by atoms with Gasteiger partial charge in [0, 0.05) is 19.2 Å². The fourth-order valence-corrected chi connectivity index (χ4v) is 7.03. The van der Waals surface area contributed by atoms with Crippen LogP contribution in [0, 0.1) is 0 Å². The number of halogens is 3. The first-order valence-electron chi connectivity index (χ1n) is 16.6. The Kier molecular flexibility index (Phi) is 13.7. The lowest BCUT2D eigenvalue weighted by molar-refractivity contribution is -0.173. The molecule has 2 aliphatic rings. The van der Waals surface area contributed by atoms with Crippen LogP contribution in [0.5, 0.6) is 0 Å². The van der Waals surface area contributed by atoms with Crippen LogP contribution in [0.3, 0.4) is 0 Å². The summed E-state index contributed by atoms with van der Waals surface area (Å²) in [4.78, 5) is 81.2. The second-order valence-electron chi connectivity index (χ2n) is 12.5. The molecule has 5 rings (SSSR count). The first-order valence-corrected chi connectivity index (χ1v) is 19.6. The number of nitrogen functional groups attached to an aromatic ring is 2. The van der Waals surface area contributed by atoms with Crippen molar-refractivity contribution >= 4 is 50.3 Å². The van der Waals surface area contributed by atoms with Crippen LogP contribution in [-0.4, -0.2) is 123 Å². The number of hydrogen-bond donors (Lipinski definition) is 8. The first kappa shape index (κ1) is 43.9. The van der Waals surface area contributed by atoms with Gasteiger partial charge in [-0.05, 0) is 25.3 Å². The van der Waals surface area contributed by atoms with E-state index in [1.165, 1.54) is 23.2 Å². The number of nitrogens with one attached hydrogen (secondary N) is 1. The predicted molar refractivity (Wildman–Crippen MR) is 181 cm³/mol. The van der Waals surface area contributed by atoms with E-state index in [1.807, 2.05) is 0 Å². The highest BCUT2D eigenvalue weighted by molar-refractivity contribution is 7.47. The number of unbranched alkanes of at least 4 members (excludes halogenated alkanes) is 1. The molecule has 0 spiro atoms. The number of alkyl halides is 3. The molecule has 2 aliphatic heterocycles. The van der Waals surface area contributed by atoms with Crippen LogP contribution >= 0.6 is 15.6 Å². The Morgan fingerprint density at radius 3 is 2.46 bits per heavy atom. The SMILES string of the molecule is Nc1ccn([C@H]2C[C@H](OP(=O)(O)OC[C@H]3O[C@@H](n4cnc5c(N)ncnc54)[C@H](O)[C@@H]3OC(=O)C(N)CCCCNC(=O)C(F)(F)F)[C@@H](COP(=O)(O)O)O2)c(=O)n1. The van der Waals surface area contributed by atoms with Crippen LogP contribution in [-0.2, 0) is 46.5 Å². The maximum absolute atomic E-state index is 13.3. The predicted octanol–water partition coefficient (Wildman–Crippen LogP) is -1.51. The summed E-state index contributed by atoms with van der Waals surface area (Å²) in [5.74, 6) is -3.41. The van der Waals surface area contributed by atoms with Crippen molar-refractivity contribution in [2.45, 2.75) is 80.9 Å². The highest BCUT2D eigenvalue weighted by Crippen LogP contribution is 2.50. The molecule has 0 bridgehead atoms. The van der Waals surface area contributed by atoms with E-state index in [0.29, 0.717) is 0 Å². The molecule has 2 saturated heterocycles. The number of nitrogens with two attached hydrogens (primary N) is 3. The Bertz CT molecular complexity index is 2070. The van der Waals surface area contributed by atoms with E-state index >= 15 is 0 Å². The normalized spacial score (nSPS) is 25.6. The molecule has 0 aliphatic carbocycles. The van der Waals surface area contributed by atoms with Gasteiger partial charge in [0.15, 0.2) is 23.8 Å². The average molecular weight is 861 g/mol. The summed E-state index contributed by atoms with van der Waals surface area (Å²) >= 11 is 0. The van der Waals surface area contributed by atoms with Gasteiger partial charge in [-0.2, -0.15) is 18.2 Å². The molecule has 57 heavy (non-hydrogen) atoms. The number of carbonyl (C=O) groups is 2. The standard InChI is InChI=1S/C27H37F3N10O15P2/c28-27(29,30)25(43)34-5-2-1-3-12(31)24(42)54-20-15(53-23(19(20)41)40-11-37-18-21(33)35-10-36-22(18)40)9-51-57(48,49)55-13-7-17(39-6-4-16(32)38-26(39)44)52-14(13)8-50-56(45,46)47/h4,6,10-15,17,19-20,23,41H,1-3,5,7-9,31H2,(H,34,43)(H,48,49)(H2,32,38,44)(H2,33,35,36)(H2,45,46,47)/t12?,13-,14+,15+,17+,19+,20+,23+/m0/s1. The van der Waals surface area contributed by atoms with Gasteiger partial charge in [-0.3, -0.25) is 32.3 Å². The number of rotatable bonds is 17. The Hall–Kier alpha value is -4.18. The minimum atomic E-state index is -5.23. The molecule has 1 amide bonds. The highest BCUT2D eigenvalue weighted by atomic mass is 31.2. The van der Waals surface area contributed by atoms with Gasteiger partial charge in [0.1, 0.15) is 54.3 Å². The molecular weight excluding hydrogens is 823 g/mol. The van der Waals surface area contributed by atoms with Crippen LogP contribution in [0.1, 0.15) is 38.1 Å². The maximum Gasteiger partial charge on any atom is 0.472 e. The van der Waals surface area contributed by atoms with Gasteiger partial charge >= 0.3 is 39.4 Å². The van der Waals surface area contributed by atoms with E-state index in [4.69, 9.17) is 40.5 Å². The summed E-state index contributed by atoms with van der Waals surface area (Å²) in [5.41, 5.74) is 16.6. The van der Waals surface area contributed by atoms with E-state index in [2.05, 4.69) is 24.5 Å². The molecule has 316 valence electrons.